The Labute approximate surface area is 348 Å². The van der Waals surface area contributed by atoms with E-state index in [1.807, 2.05) is 12.1 Å². The summed E-state index contributed by atoms with van der Waals surface area (Å²) < 4.78 is 28.8. The van der Waals surface area contributed by atoms with E-state index in [1.165, 1.54) is 0 Å². The first-order valence-corrected chi connectivity index (χ1v) is 21.2. The minimum absolute atomic E-state index is 0.681. The van der Waals surface area contributed by atoms with Gasteiger partial charge in [-0.15, -0.1) is 0 Å². The molecule has 0 radical (unpaired) electrons. The average Bonchev–Trinajstić information content (AvgIpc) is 3.10. The van der Waals surface area contributed by atoms with Crippen LogP contribution in [0.15, 0.2) is 60.7 Å². The number of ether oxygens (including phenoxy) is 4. The molecule has 8 nitrogen and oxygen atoms in total. The Morgan fingerprint density at radius 1 is 0.316 bits per heavy atom. The fourth-order valence-corrected chi connectivity index (χ4v) is 6.18. The first kappa shape index (κ1) is 47.6. The average molecular weight is 789 g/mol. The minimum Gasteiger partial charge on any atom is -0.493 e. The zero-order chi connectivity index (χ0) is 42.0. The maximum Gasteiger partial charge on any atom is 0.123 e. The summed E-state index contributed by atoms with van der Waals surface area (Å²) in [4.78, 5) is 0. The molecule has 0 aliphatic carbocycles. The van der Waals surface area contributed by atoms with Crippen LogP contribution in [0.1, 0.15) is 67.2 Å². The molecule has 0 saturated carbocycles. The van der Waals surface area contributed by atoms with Gasteiger partial charge < -0.3 is 36.9 Å². The van der Waals surface area contributed by atoms with E-state index < -0.39 is 0 Å². The number of benzene rings is 3. The van der Waals surface area contributed by atoms with Crippen LogP contribution in [0.25, 0.3) is 24.3 Å². The highest BCUT2D eigenvalue weighted by Gasteiger charge is 2.11. The number of rotatable bonds is 27. The predicted octanol–water partition coefficient (Wildman–Crippen LogP) is 9.10. The molecule has 0 N–H and O–H groups in total. The van der Waals surface area contributed by atoms with Gasteiger partial charge in [0.2, 0.25) is 0 Å². The molecule has 0 unspecified atom stereocenters. The largest absolute Gasteiger partial charge is 0.493 e. The summed E-state index contributed by atoms with van der Waals surface area (Å²) in [5, 5.41) is 0. The van der Waals surface area contributed by atoms with Gasteiger partial charge in [0, 0.05) is 18.6 Å². The van der Waals surface area contributed by atoms with Crippen molar-refractivity contribution in [2.24, 2.45) is 0 Å². The van der Waals surface area contributed by atoms with Crippen molar-refractivity contribution >= 4 is 24.3 Å². The number of quaternary nitrogens is 4. The van der Waals surface area contributed by atoms with Crippen LogP contribution in [0, 0.1) is 0 Å². The molecule has 316 valence electrons. The molecule has 0 fully saturated rings. The van der Waals surface area contributed by atoms with Crippen LogP contribution in [0.4, 0.5) is 0 Å². The van der Waals surface area contributed by atoms with Gasteiger partial charge in [0.15, 0.2) is 0 Å². The Balaban J connectivity index is 1.68. The lowest BCUT2D eigenvalue weighted by molar-refractivity contribution is -0.870. The fourth-order valence-electron chi connectivity index (χ4n) is 6.18. The summed E-state index contributed by atoms with van der Waals surface area (Å²) in [6, 6.07) is 21.2. The summed E-state index contributed by atoms with van der Waals surface area (Å²) in [6.45, 7) is 7.24. The Bertz CT molecular complexity index is 1610. The fraction of sp³-hybridized carbons (Fsp3) is 0.551. The van der Waals surface area contributed by atoms with Crippen molar-refractivity contribution in [1.82, 2.24) is 0 Å². The van der Waals surface area contributed by atoms with Gasteiger partial charge in [-0.05, 0) is 85.0 Å². The third-order valence-corrected chi connectivity index (χ3v) is 9.40. The summed E-state index contributed by atoms with van der Waals surface area (Å²) >= 11 is 0. The van der Waals surface area contributed by atoms with Gasteiger partial charge in [-0.1, -0.05) is 48.6 Å². The van der Waals surface area contributed by atoms with Crippen LogP contribution in [0.3, 0.4) is 0 Å². The summed E-state index contributed by atoms with van der Waals surface area (Å²) in [5.41, 5.74) is 4.39. The van der Waals surface area contributed by atoms with Gasteiger partial charge in [0.25, 0.3) is 0 Å². The molecule has 0 atom stereocenters. The van der Waals surface area contributed by atoms with Crippen LogP contribution >= 0.6 is 0 Å². The molecular formula is C49H80N4O4+4. The van der Waals surface area contributed by atoms with Crippen LogP contribution in [0.2, 0.25) is 0 Å². The quantitative estimate of drug-likeness (QED) is 0.0439. The van der Waals surface area contributed by atoms with E-state index in [0.717, 1.165) is 134 Å². The van der Waals surface area contributed by atoms with Crippen molar-refractivity contribution in [2.75, 3.05) is 137 Å². The second kappa shape index (κ2) is 22.9. The van der Waals surface area contributed by atoms with Gasteiger partial charge in [-0.25, -0.2) is 0 Å². The molecule has 0 spiro atoms. The van der Waals surface area contributed by atoms with Crippen molar-refractivity contribution in [3.05, 3.63) is 82.9 Å². The van der Waals surface area contributed by atoms with E-state index in [9.17, 15) is 0 Å². The van der Waals surface area contributed by atoms with E-state index in [-0.39, 0.29) is 0 Å². The third-order valence-electron chi connectivity index (χ3n) is 9.40. The molecule has 0 aliphatic rings. The zero-order valence-electron chi connectivity index (χ0n) is 38.1. The van der Waals surface area contributed by atoms with Crippen LogP contribution in [-0.2, 0) is 0 Å². The molecule has 3 aromatic rings. The second-order valence-electron chi connectivity index (χ2n) is 19.7. The maximum absolute atomic E-state index is 6.25. The van der Waals surface area contributed by atoms with Crippen LogP contribution in [-0.4, -0.2) is 155 Å². The van der Waals surface area contributed by atoms with Gasteiger partial charge in [-0.2, -0.15) is 0 Å². The molecule has 3 aromatic carbocycles. The van der Waals surface area contributed by atoms with Crippen molar-refractivity contribution < 1.29 is 36.9 Å². The summed E-state index contributed by atoms with van der Waals surface area (Å²) in [7, 11) is 26.7. The molecule has 0 aromatic heterocycles. The predicted molar refractivity (Wildman–Crippen MR) is 243 cm³/mol. The van der Waals surface area contributed by atoms with Crippen molar-refractivity contribution in [1.29, 1.82) is 0 Å². The SMILES string of the molecule is C[N+](C)(C)CCCCOc1cc(/C=C/c2ccc(/C=C/c3cc(OCCCC[N+](C)(C)C)cc(OCCC[N+](C)(C)C)c3)cc2)cc(OCCCC[N+](C)(C)C)c1. The number of nitrogens with zero attached hydrogens (tertiary/aromatic N) is 4. The summed E-state index contributed by atoms with van der Waals surface area (Å²) in [5.74, 6) is 3.42. The Morgan fingerprint density at radius 2 is 0.561 bits per heavy atom. The molecule has 3 rings (SSSR count). The van der Waals surface area contributed by atoms with Crippen molar-refractivity contribution in [3.8, 4) is 23.0 Å². The first-order valence-electron chi connectivity index (χ1n) is 21.2. The molecular weight excluding hydrogens is 709 g/mol. The Kier molecular flexibility index (Phi) is 19.1. The van der Waals surface area contributed by atoms with Crippen molar-refractivity contribution in [3.63, 3.8) is 0 Å². The van der Waals surface area contributed by atoms with E-state index >= 15 is 0 Å². The first-order chi connectivity index (χ1) is 26.7. The van der Waals surface area contributed by atoms with E-state index in [0.29, 0.717) is 26.4 Å². The lowest BCUT2D eigenvalue weighted by Gasteiger charge is -2.23. The highest BCUT2D eigenvalue weighted by molar-refractivity contribution is 5.74. The van der Waals surface area contributed by atoms with Gasteiger partial charge >= 0.3 is 0 Å². The normalized spacial score (nSPS) is 12.8. The molecule has 0 bridgehead atoms. The number of hydrogen-bond donors (Lipinski definition) is 0. The van der Waals surface area contributed by atoms with Gasteiger partial charge in [0.1, 0.15) is 23.0 Å². The molecule has 8 heteroatoms. The highest BCUT2D eigenvalue weighted by Crippen LogP contribution is 2.27. The number of unbranched alkanes of at least 4 members (excludes halogenated alkanes) is 3. The smallest absolute Gasteiger partial charge is 0.123 e. The molecule has 0 saturated heterocycles. The van der Waals surface area contributed by atoms with Gasteiger partial charge in [-0.3, -0.25) is 0 Å². The monoisotopic (exact) mass is 789 g/mol. The highest BCUT2D eigenvalue weighted by atomic mass is 16.5. The standard InChI is InChI=1S/C49H80N4O4/c1-50(2,3)28-13-16-32-54-46-36-44(37-47(40-46)55-33-17-14-29-51(4,5)6)26-24-42-20-22-43(23-21-42)25-27-45-38-48(56-34-18-15-30-52(7,8)9)41-49(39-45)57-35-19-31-53(10,11)12/h20-27,36-41H,13-19,28-35H2,1-12H3/q+4/b26-24+,27-25+. The molecule has 57 heavy (non-hydrogen) atoms. The topological polar surface area (TPSA) is 36.9 Å². The Hall–Kier alpha value is -3.82. The van der Waals surface area contributed by atoms with Crippen LogP contribution in [0.5, 0.6) is 23.0 Å². The minimum atomic E-state index is 0.681. The number of hydrogen-bond acceptors (Lipinski definition) is 4. The molecule has 0 aliphatic heterocycles. The molecule has 0 amide bonds. The molecule has 0 heterocycles. The van der Waals surface area contributed by atoms with E-state index in [2.05, 4.69) is 157 Å². The second-order valence-corrected chi connectivity index (χ2v) is 19.7. The summed E-state index contributed by atoms with van der Waals surface area (Å²) in [6.07, 6.45) is 16.1. The third kappa shape index (κ3) is 23.2. The maximum atomic E-state index is 6.25. The lowest BCUT2D eigenvalue weighted by Crippen LogP contribution is -2.35. The Morgan fingerprint density at radius 3 is 0.842 bits per heavy atom. The van der Waals surface area contributed by atoms with Crippen molar-refractivity contribution in [2.45, 2.75) is 44.9 Å². The van der Waals surface area contributed by atoms with E-state index in [1.54, 1.807) is 0 Å². The van der Waals surface area contributed by atoms with Crippen LogP contribution < -0.4 is 18.9 Å². The van der Waals surface area contributed by atoms with Gasteiger partial charge in [0.05, 0.1) is 137 Å². The lowest BCUT2D eigenvalue weighted by atomic mass is 10.1. The zero-order valence-corrected chi connectivity index (χ0v) is 38.1. The van der Waals surface area contributed by atoms with E-state index in [4.69, 9.17) is 18.9 Å².